The molecule has 2 aliphatic rings. The van der Waals surface area contributed by atoms with Crippen molar-refractivity contribution in [3.05, 3.63) is 53.1 Å². The molecule has 1 fully saturated rings. The molecule has 0 spiro atoms. The number of benzene rings is 1. The monoisotopic (exact) mass is 366 g/mol. The van der Waals surface area contributed by atoms with Gasteiger partial charge in [-0.1, -0.05) is 17.7 Å². The second-order valence-corrected chi connectivity index (χ2v) is 7.47. The van der Waals surface area contributed by atoms with Crippen LogP contribution < -0.4 is 10.1 Å². The Morgan fingerprint density at radius 2 is 2.15 bits per heavy atom. The number of aromatic nitrogens is 2. The first kappa shape index (κ1) is 17.9. The summed E-state index contributed by atoms with van der Waals surface area (Å²) in [6.45, 7) is 7.06. The molecule has 0 aliphatic carbocycles. The molecule has 0 unspecified atom stereocenters. The van der Waals surface area contributed by atoms with Gasteiger partial charge in [0.2, 0.25) is 0 Å². The first-order valence-corrected chi connectivity index (χ1v) is 9.67. The highest BCUT2D eigenvalue weighted by Crippen LogP contribution is 2.23. The number of hydrogen-bond donors (Lipinski definition) is 1. The molecule has 1 N–H and O–H groups in total. The summed E-state index contributed by atoms with van der Waals surface area (Å²) in [6.07, 6.45) is 3.26. The third kappa shape index (κ3) is 3.95. The Bertz CT molecular complexity index is 815. The van der Waals surface area contributed by atoms with Gasteiger partial charge >= 0.3 is 0 Å². The Balaban J connectivity index is 1.40. The van der Waals surface area contributed by atoms with Gasteiger partial charge in [0.25, 0.3) is 5.91 Å². The fraction of sp³-hybridized carbons (Fsp3) is 0.476. The lowest BCUT2D eigenvalue weighted by atomic mass is 10.0. The van der Waals surface area contributed by atoms with E-state index in [9.17, 15) is 4.79 Å². The van der Waals surface area contributed by atoms with Crippen molar-refractivity contribution in [3.63, 3.8) is 0 Å². The van der Waals surface area contributed by atoms with Crippen LogP contribution in [0.3, 0.4) is 0 Å². The Labute approximate surface area is 160 Å². The summed E-state index contributed by atoms with van der Waals surface area (Å²) >= 11 is 0. The van der Waals surface area contributed by atoms with Crippen molar-refractivity contribution in [1.82, 2.24) is 20.2 Å². The van der Waals surface area contributed by atoms with E-state index in [0.717, 1.165) is 48.8 Å². The molecular formula is C21H26N4O2. The van der Waals surface area contributed by atoms with Gasteiger partial charge in [-0.15, -0.1) is 0 Å². The molecule has 2 aliphatic heterocycles. The standard InChI is InChI=1S/C21H26N4O2/c1-14-3-5-18(6-4-14)27-15(2)21(26)25-10-8-19-17(13-25)12-23-20(24-19)16-7-9-22-11-16/h3-6,12,15-16,22H,7-11,13H2,1-2H3/t15-,16-/m0/s1. The summed E-state index contributed by atoms with van der Waals surface area (Å²) in [7, 11) is 0. The van der Waals surface area contributed by atoms with Crippen LogP contribution >= 0.6 is 0 Å². The lowest BCUT2D eigenvalue weighted by molar-refractivity contribution is -0.138. The maximum absolute atomic E-state index is 12.8. The van der Waals surface area contributed by atoms with Crippen molar-refractivity contribution in [2.45, 2.75) is 45.3 Å². The van der Waals surface area contributed by atoms with E-state index in [1.54, 1.807) is 0 Å². The maximum atomic E-state index is 12.8. The van der Waals surface area contributed by atoms with E-state index in [1.165, 1.54) is 5.56 Å². The van der Waals surface area contributed by atoms with Gasteiger partial charge in [0.15, 0.2) is 6.10 Å². The molecular weight excluding hydrogens is 340 g/mol. The van der Waals surface area contributed by atoms with Gasteiger partial charge in [-0.25, -0.2) is 9.97 Å². The lowest BCUT2D eigenvalue weighted by Gasteiger charge is -2.30. The van der Waals surface area contributed by atoms with E-state index in [4.69, 9.17) is 9.72 Å². The van der Waals surface area contributed by atoms with E-state index in [0.29, 0.717) is 19.0 Å². The SMILES string of the molecule is Cc1ccc(O[C@@H](C)C(=O)N2CCc3nc([C@H]4CCNC4)ncc3C2)cc1. The summed E-state index contributed by atoms with van der Waals surface area (Å²) < 4.78 is 5.83. The molecule has 1 aromatic heterocycles. The summed E-state index contributed by atoms with van der Waals surface area (Å²) in [5, 5.41) is 3.36. The first-order valence-electron chi connectivity index (χ1n) is 9.67. The molecule has 142 valence electrons. The van der Waals surface area contributed by atoms with E-state index in [1.807, 2.05) is 49.2 Å². The Hall–Kier alpha value is -2.47. The van der Waals surface area contributed by atoms with E-state index in [-0.39, 0.29) is 5.91 Å². The van der Waals surface area contributed by atoms with Gasteiger partial charge in [0, 0.05) is 43.7 Å². The first-order chi connectivity index (χ1) is 13.1. The molecule has 2 atom stereocenters. The zero-order chi connectivity index (χ0) is 18.8. The summed E-state index contributed by atoms with van der Waals surface area (Å²) in [5.74, 6) is 2.08. The van der Waals surface area contributed by atoms with Crippen molar-refractivity contribution >= 4 is 5.91 Å². The van der Waals surface area contributed by atoms with Crippen molar-refractivity contribution in [2.75, 3.05) is 19.6 Å². The van der Waals surface area contributed by atoms with E-state index >= 15 is 0 Å². The summed E-state index contributed by atoms with van der Waals surface area (Å²) in [5.41, 5.74) is 3.30. The van der Waals surface area contributed by atoms with Crippen LogP contribution in [0.4, 0.5) is 0 Å². The fourth-order valence-corrected chi connectivity index (χ4v) is 3.72. The number of hydrogen-bond acceptors (Lipinski definition) is 5. The number of nitrogens with zero attached hydrogens (tertiary/aromatic N) is 3. The number of carbonyl (C=O) groups excluding carboxylic acids is 1. The van der Waals surface area contributed by atoms with Gasteiger partial charge in [0.05, 0.1) is 5.69 Å². The van der Waals surface area contributed by atoms with Crippen LogP contribution in [0.15, 0.2) is 30.5 Å². The van der Waals surface area contributed by atoms with Crippen molar-refractivity contribution in [3.8, 4) is 5.75 Å². The molecule has 2 aromatic rings. The minimum absolute atomic E-state index is 0.00490. The summed E-state index contributed by atoms with van der Waals surface area (Å²) in [6, 6.07) is 7.77. The molecule has 1 aromatic carbocycles. The molecule has 0 radical (unpaired) electrons. The predicted molar refractivity (Wildman–Crippen MR) is 103 cm³/mol. The average molecular weight is 366 g/mol. The zero-order valence-electron chi connectivity index (χ0n) is 15.9. The van der Waals surface area contributed by atoms with E-state index in [2.05, 4.69) is 10.3 Å². The van der Waals surface area contributed by atoms with Crippen LogP contribution in [0.25, 0.3) is 0 Å². The minimum Gasteiger partial charge on any atom is -0.481 e. The fourth-order valence-electron chi connectivity index (χ4n) is 3.72. The molecule has 4 rings (SSSR count). The lowest BCUT2D eigenvalue weighted by Crippen LogP contribution is -2.43. The second kappa shape index (κ2) is 7.64. The van der Waals surface area contributed by atoms with Crippen LogP contribution in [0.1, 0.15) is 41.9 Å². The quantitative estimate of drug-likeness (QED) is 0.899. The number of amides is 1. The Morgan fingerprint density at radius 3 is 2.89 bits per heavy atom. The average Bonchev–Trinajstić information content (AvgIpc) is 3.23. The van der Waals surface area contributed by atoms with Crippen molar-refractivity contribution in [2.24, 2.45) is 0 Å². The minimum atomic E-state index is -0.515. The number of carbonyl (C=O) groups is 1. The van der Waals surface area contributed by atoms with Gasteiger partial charge in [0.1, 0.15) is 11.6 Å². The number of ether oxygens (including phenoxy) is 1. The summed E-state index contributed by atoms with van der Waals surface area (Å²) in [4.78, 5) is 24.0. The third-order valence-corrected chi connectivity index (χ3v) is 5.37. The molecule has 0 bridgehead atoms. The highest BCUT2D eigenvalue weighted by Gasteiger charge is 2.28. The van der Waals surface area contributed by atoms with Crippen LogP contribution in [0.2, 0.25) is 0 Å². The second-order valence-electron chi connectivity index (χ2n) is 7.47. The topological polar surface area (TPSA) is 67.3 Å². The molecule has 6 heteroatoms. The maximum Gasteiger partial charge on any atom is 0.263 e. The molecule has 1 saturated heterocycles. The number of nitrogens with one attached hydrogen (secondary N) is 1. The van der Waals surface area contributed by atoms with Crippen LogP contribution in [0, 0.1) is 6.92 Å². The van der Waals surface area contributed by atoms with Gasteiger partial charge < -0.3 is 15.0 Å². The van der Waals surface area contributed by atoms with Gasteiger partial charge in [-0.05, 0) is 38.9 Å². The molecule has 27 heavy (non-hydrogen) atoms. The number of rotatable bonds is 4. The molecule has 0 saturated carbocycles. The van der Waals surface area contributed by atoms with Crippen LogP contribution in [-0.4, -0.2) is 46.5 Å². The van der Waals surface area contributed by atoms with Crippen molar-refractivity contribution in [1.29, 1.82) is 0 Å². The third-order valence-electron chi connectivity index (χ3n) is 5.37. The van der Waals surface area contributed by atoms with Crippen molar-refractivity contribution < 1.29 is 9.53 Å². The van der Waals surface area contributed by atoms with Crippen LogP contribution in [-0.2, 0) is 17.8 Å². The normalized spacial score (nSPS) is 20.2. The molecule has 1 amide bonds. The molecule has 3 heterocycles. The zero-order valence-corrected chi connectivity index (χ0v) is 15.9. The van der Waals surface area contributed by atoms with Crippen LogP contribution in [0.5, 0.6) is 5.75 Å². The molecule has 6 nitrogen and oxygen atoms in total. The number of fused-ring (bicyclic) bond motifs is 1. The van der Waals surface area contributed by atoms with Gasteiger partial charge in [-0.2, -0.15) is 0 Å². The highest BCUT2D eigenvalue weighted by molar-refractivity contribution is 5.81. The Kier molecular flexibility index (Phi) is 5.07. The van der Waals surface area contributed by atoms with E-state index < -0.39 is 6.10 Å². The predicted octanol–water partition coefficient (Wildman–Crippen LogP) is 2.21. The number of aryl methyl sites for hydroxylation is 1. The Morgan fingerprint density at radius 1 is 1.33 bits per heavy atom. The van der Waals surface area contributed by atoms with Gasteiger partial charge in [-0.3, -0.25) is 4.79 Å². The highest BCUT2D eigenvalue weighted by atomic mass is 16.5. The smallest absolute Gasteiger partial charge is 0.263 e. The largest absolute Gasteiger partial charge is 0.481 e.